The van der Waals surface area contributed by atoms with Crippen LogP contribution in [-0.2, 0) is 35.0 Å². The van der Waals surface area contributed by atoms with Gasteiger partial charge in [0.15, 0.2) is 0 Å². The molecule has 3 aromatic rings. The van der Waals surface area contributed by atoms with Crippen molar-refractivity contribution in [3.63, 3.8) is 0 Å². The molecule has 6 radical (unpaired) electrons. The van der Waals surface area contributed by atoms with Crippen molar-refractivity contribution in [1.29, 1.82) is 0 Å². The molecule has 5 heteroatoms. The molecule has 3 nitrogen and oxygen atoms in total. The Morgan fingerprint density at radius 1 is 0.387 bits per heavy atom. The van der Waals surface area contributed by atoms with Crippen molar-refractivity contribution in [3.8, 4) is 0 Å². The van der Waals surface area contributed by atoms with Crippen molar-refractivity contribution in [1.82, 2.24) is 0 Å². The quantitative estimate of drug-likeness (QED) is 0.254. The summed E-state index contributed by atoms with van der Waals surface area (Å²) in [6.45, 7) is 13.5. The molecule has 0 amide bonds. The van der Waals surface area contributed by atoms with Crippen LogP contribution in [0.4, 0.5) is 0 Å². The summed E-state index contributed by atoms with van der Waals surface area (Å²) >= 11 is -1.98. The molecule has 0 N–H and O–H groups in total. The Balaban J connectivity index is 0. The fourth-order valence-corrected chi connectivity index (χ4v) is 9.99. The third-order valence-corrected chi connectivity index (χ3v) is 11.5. The van der Waals surface area contributed by atoms with Crippen LogP contribution in [-0.4, -0.2) is 19.8 Å². The van der Waals surface area contributed by atoms with Gasteiger partial charge in [-0.25, -0.2) is 0 Å². The minimum absolute atomic E-state index is 0. The molecular weight excluding hydrogens is 575 g/mol. The zero-order valence-corrected chi connectivity index (χ0v) is 21.5. The molecule has 1 aliphatic rings. The summed E-state index contributed by atoms with van der Waals surface area (Å²) in [6.07, 6.45) is 10.0. The van der Waals surface area contributed by atoms with Crippen molar-refractivity contribution in [3.05, 3.63) is 143 Å². The second kappa shape index (κ2) is 23.0. The summed E-state index contributed by atoms with van der Waals surface area (Å²) in [5.41, 5.74) is 0. The van der Waals surface area contributed by atoms with Crippen molar-refractivity contribution >= 4 is 30.5 Å². The van der Waals surface area contributed by atoms with Crippen LogP contribution in [0.2, 0.25) is 0 Å². The number of hydrogen-bond acceptors (Lipinski definition) is 0. The predicted molar refractivity (Wildman–Crippen MR) is 117 cm³/mol. The molecular formula is C26H20MoO3Sn. The topological polar surface area (TPSA) is 59.7 Å². The van der Waals surface area contributed by atoms with Crippen molar-refractivity contribution in [2.24, 2.45) is 0 Å². The van der Waals surface area contributed by atoms with Crippen molar-refractivity contribution in [2.45, 2.75) is 0 Å². The third kappa shape index (κ3) is 12.7. The van der Waals surface area contributed by atoms with E-state index in [1.807, 2.05) is 32.1 Å². The van der Waals surface area contributed by atoms with E-state index in [1.165, 1.54) is 10.7 Å². The summed E-state index contributed by atoms with van der Waals surface area (Å²) < 4.78 is 27.1. The Hall–Kier alpha value is -1.63. The monoisotopic (exact) mass is 598 g/mol. The zero-order valence-electron chi connectivity index (χ0n) is 16.7. The first kappa shape index (κ1) is 31.6. The summed E-state index contributed by atoms with van der Waals surface area (Å²) in [7, 11) is 0. The summed E-state index contributed by atoms with van der Waals surface area (Å²) in [5.74, 6) is 0. The summed E-state index contributed by atoms with van der Waals surface area (Å²) in [4.78, 5) is 0. The van der Waals surface area contributed by atoms with Gasteiger partial charge in [0, 0.05) is 21.1 Å². The van der Waals surface area contributed by atoms with Gasteiger partial charge in [-0.15, -0.1) is 0 Å². The third-order valence-electron chi connectivity index (χ3n) is 3.74. The Morgan fingerprint density at radius 2 is 0.581 bits per heavy atom. The van der Waals surface area contributed by atoms with Crippen LogP contribution in [0.1, 0.15) is 0 Å². The van der Waals surface area contributed by atoms with E-state index < -0.39 is 19.8 Å². The summed E-state index contributed by atoms with van der Waals surface area (Å²) in [5, 5.41) is 0. The van der Waals surface area contributed by atoms with Gasteiger partial charge < -0.3 is 0 Å². The fraction of sp³-hybridized carbons (Fsp3) is 0. The molecule has 1 aliphatic carbocycles. The van der Waals surface area contributed by atoms with Crippen LogP contribution in [0.5, 0.6) is 0 Å². The average molecular weight is 595 g/mol. The molecule has 0 aromatic heterocycles. The van der Waals surface area contributed by atoms with Gasteiger partial charge in [-0.05, 0) is 32.1 Å². The van der Waals surface area contributed by atoms with E-state index in [0.717, 1.165) is 0 Å². The average Bonchev–Trinajstić information content (AvgIpc) is 3.46. The van der Waals surface area contributed by atoms with Crippen LogP contribution in [0.3, 0.4) is 0 Å². The van der Waals surface area contributed by atoms with Crippen LogP contribution < -0.4 is 10.7 Å². The van der Waals surface area contributed by atoms with Gasteiger partial charge in [0.1, 0.15) is 0 Å². The van der Waals surface area contributed by atoms with Gasteiger partial charge in [-0.1, -0.05) is 0 Å². The molecule has 0 heterocycles. The van der Waals surface area contributed by atoms with Gasteiger partial charge in [-0.3, -0.25) is 0 Å². The van der Waals surface area contributed by atoms with Gasteiger partial charge in [0.2, 0.25) is 0 Å². The molecule has 0 bridgehead atoms. The first-order valence-corrected chi connectivity index (χ1v) is 13.0. The van der Waals surface area contributed by atoms with Crippen LogP contribution in [0.15, 0.2) is 91.0 Å². The minimum atomic E-state index is -1.98. The van der Waals surface area contributed by atoms with Crippen molar-refractivity contribution in [2.75, 3.05) is 0 Å². The van der Waals surface area contributed by atoms with Crippen LogP contribution in [0, 0.1) is 52.1 Å². The van der Waals surface area contributed by atoms with Crippen LogP contribution >= 0.6 is 0 Å². The van der Waals surface area contributed by atoms with E-state index in [4.69, 9.17) is 14.0 Å². The predicted octanol–water partition coefficient (Wildman–Crippen LogP) is 3.11. The van der Waals surface area contributed by atoms with Gasteiger partial charge in [0.25, 0.3) is 0 Å². The standard InChI is InChI=1S/3C6H5.C5H5.3CO.Mo.Sn/c3*1-2-4-6-5-3-1;1-2-4-5-3-1;3*1-2;;/h3*1-5H;1-5H;;;;;. The van der Waals surface area contributed by atoms with Gasteiger partial charge >= 0.3 is 155 Å². The maximum absolute atomic E-state index is 7.50. The number of rotatable bonds is 3. The second-order valence-electron chi connectivity index (χ2n) is 5.44. The normalized spacial score (nSPS) is 10.5. The maximum atomic E-state index is 7.50. The van der Waals surface area contributed by atoms with E-state index >= 15 is 0 Å². The first-order valence-electron chi connectivity index (χ1n) is 8.76. The second-order valence-corrected chi connectivity index (χ2v) is 12.5. The van der Waals surface area contributed by atoms with Gasteiger partial charge in [-0.2, -0.15) is 0 Å². The first-order chi connectivity index (χ1) is 14.9. The van der Waals surface area contributed by atoms with E-state index in [1.54, 1.807) is 0 Å². The molecule has 0 atom stereocenters. The molecule has 0 spiro atoms. The fourth-order valence-electron chi connectivity index (χ4n) is 2.64. The number of benzene rings is 3. The van der Waals surface area contributed by atoms with E-state index in [-0.39, 0.29) is 21.1 Å². The summed E-state index contributed by atoms with van der Waals surface area (Å²) in [6, 6.07) is 32.9. The Labute approximate surface area is 207 Å². The Morgan fingerprint density at radius 3 is 0.774 bits per heavy atom. The molecule has 1 fully saturated rings. The number of hydrogen-bond donors (Lipinski definition) is 0. The van der Waals surface area contributed by atoms with E-state index in [2.05, 4.69) is 111 Å². The zero-order chi connectivity index (χ0) is 22.5. The van der Waals surface area contributed by atoms with Crippen LogP contribution in [0.25, 0.3) is 0 Å². The molecule has 3 aromatic carbocycles. The van der Waals surface area contributed by atoms with Crippen molar-refractivity contribution < 1.29 is 35.0 Å². The molecule has 0 saturated heterocycles. The SMILES string of the molecule is [C-]#[O+].[C-]#[O+].[C-]#[O+].[CH]1[CH][CH][CH][CH]1.[Mo].c1cc[c]([Sn]([c]2ccccc2)[c]2ccccc2)cc1. The molecule has 0 unspecified atom stereocenters. The molecule has 152 valence electrons. The molecule has 31 heavy (non-hydrogen) atoms. The Bertz CT molecular complexity index is 714. The van der Waals surface area contributed by atoms with E-state index in [0.29, 0.717) is 0 Å². The molecule has 0 aliphatic heterocycles. The Kier molecular flexibility index (Phi) is 23.4. The van der Waals surface area contributed by atoms with Gasteiger partial charge in [0.05, 0.1) is 0 Å². The molecule has 1 saturated carbocycles. The molecule has 4 rings (SSSR count). The van der Waals surface area contributed by atoms with E-state index in [9.17, 15) is 0 Å².